The summed E-state index contributed by atoms with van der Waals surface area (Å²) in [5.41, 5.74) is -0.310. The molecule has 21 heavy (non-hydrogen) atoms. The van der Waals surface area contributed by atoms with Crippen molar-refractivity contribution < 1.29 is 14.6 Å². The van der Waals surface area contributed by atoms with Crippen LogP contribution in [0.5, 0.6) is 0 Å². The summed E-state index contributed by atoms with van der Waals surface area (Å²) in [6.07, 6.45) is 0.879. The van der Waals surface area contributed by atoms with E-state index in [1.165, 1.54) is 0 Å². The number of ether oxygens (including phenoxy) is 1. The lowest BCUT2D eigenvalue weighted by Crippen LogP contribution is -2.56. The summed E-state index contributed by atoms with van der Waals surface area (Å²) >= 11 is 0. The van der Waals surface area contributed by atoms with Crippen molar-refractivity contribution in [3.8, 4) is 0 Å². The summed E-state index contributed by atoms with van der Waals surface area (Å²) in [5, 5.41) is 13.0. The molecule has 0 bridgehead atoms. The Hall–Kier alpha value is -1.43. The second-order valence-corrected chi connectivity index (χ2v) is 5.19. The smallest absolute Gasteiger partial charge is 0.329 e. The molecular formula is C16H26N2O3. The highest BCUT2D eigenvalue weighted by molar-refractivity contribution is 5.81. The number of methoxy groups -OCH3 is 1. The van der Waals surface area contributed by atoms with E-state index < -0.39 is 11.5 Å². The topological polar surface area (TPSA) is 61.8 Å². The van der Waals surface area contributed by atoms with Crippen molar-refractivity contribution in [2.75, 3.05) is 40.4 Å². The Labute approximate surface area is 126 Å². The fraction of sp³-hybridized carbons (Fsp3) is 0.562. The molecule has 0 aromatic heterocycles. The zero-order chi connectivity index (χ0) is 15.7. The van der Waals surface area contributed by atoms with E-state index in [4.69, 9.17) is 4.74 Å². The molecule has 0 aliphatic rings. The lowest BCUT2D eigenvalue weighted by atomic mass is 9.89. The van der Waals surface area contributed by atoms with Crippen molar-refractivity contribution in [3.63, 3.8) is 0 Å². The maximum atomic E-state index is 12.0. The molecule has 2 N–H and O–H groups in total. The second kappa shape index (κ2) is 8.77. The van der Waals surface area contributed by atoms with Crippen LogP contribution in [0.1, 0.15) is 18.9 Å². The first-order valence-corrected chi connectivity index (χ1v) is 7.28. The van der Waals surface area contributed by atoms with Crippen LogP contribution in [-0.4, -0.2) is 56.4 Å². The minimum Gasteiger partial charge on any atom is -0.480 e. The molecule has 1 rings (SSSR count). The minimum absolute atomic E-state index is 0.407. The van der Waals surface area contributed by atoms with Gasteiger partial charge in [-0.3, -0.25) is 5.32 Å². The SMILES string of the molecule is CCNC(CN(C)CCCOC)(C(=O)O)c1ccccc1. The molecular weight excluding hydrogens is 268 g/mol. The van der Waals surface area contributed by atoms with Crippen LogP contribution in [0.25, 0.3) is 0 Å². The molecule has 1 unspecified atom stereocenters. The van der Waals surface area contributed by atoms with Crippen molar-refractivity contribution >= 4 is 5.97 Å². The van der Waals surface area contributed by atoms with Gasteiger partial charge in [-0.25, -0.2) is 4.79 Å². The Morgan fingerprint density at radius 1 is 1.38 bits per heavy atom. The quantitative estimate of drug-likeness (QED) is 0.641. The summed E-state index contributed by atoms with van der Waals surface area (Å²) < 4.78 is 5.04. The second-order valence-electron chi connectivity index (χ2n) is 5.19. The molecule has 0 fully saturated rings. The lowest BCUT2D eigenvalue weighted by molar-refractivity contribution is -0.146. The Morgan fingerprint density at radius 3 is 2.57 bits per heavy atom. The van der Waals surface area contributed by atoms with Crippen molar-refractivity contribution in [2.45, 2.75) is 18.9 Å². The average Bonchev–Trinajstić information content (AvgIpc) is 2.47. The van der Waals surface area contributed by atoms with E-state index >= 15 is 0 Å². The van der Waals surface area contributed by atoms with Crippen molar-refractivity contribution in [1.29, 1.82) is 0 Å². The standard InChI is InChI=1S/C16H26N2O3/c1-4-17-16(15(19)20,14-9-6-5-7-10-14)13-18(2)11-8-12-21-3/h5-7,9-10,17H,4,8,11-13H2,1-3H3,(H,19,20). The average molecular weight is 294 g/mol. The van der Waals surface area contributed by atoms with Crippen LogP contribution < -0.4 is 5.32 Å². The van der Waals surface area contributed by atoms with Crippen LogP contribution >= 0.6 is 0 Å². The fourth-order valence-electron chi connectivity index (χ4n) is 2.50. The number of carbonyl (C=O) groups is 1. The van der Waals surface area contributed by atoms with Gasteiger partial charge in [0.15, 0.2) is 5.54 Å². The highest BCUT2D eigenvalue weighted by atomic mass is 16.5. The van der Waals surface area contributed by atoms with Crippen LogP contribution in [0.2, 0.25) is 0 Å². The molecule has 0 spiro atoms. The third-order valence-electron chi connectivity index (χ3n) is 3.51. The summed E-state index contributed by atoms with van der Waals surface area (Å²) in [5.74, 6) is -0.853. The fourth-order valence-corrected chi connectivity index (χ4v) is 2.50. The predicted octanol–water partition coefficient (Wildman–Crippen LogP) is 1.54. The van der Waals surface area contributed by atoms with E-state index in [0.717, 1.165) is 18.5 Å². The van der Waals surface area contributed by atoms with E-state index in [1.54, 1.807) is 7.11 Å². The van der Waals surface area contributed by atoms with Crippen LogP contribution in [0, 0.1) is 0 Å². The molecule has 0 saturated carbocycles. The molecule has 0 heterocycles. The highest BCUT2D eigenvalue weighted by Gasteiger charge is 2.40. The Morgan fingerprint density at radius 2 is 2.05 bits per heavy atom. The maximum Gasteiger partial charge on any atom is 0.329 e. The molecule has 118 valence electrons. The molecule has 0 aliphatic heterocycles. The molecule has 5 nitrogen and oxygen atoms in total. The largest absolute Gasteiger partial charge is 0.480 e. The molecule has 5 heteroatoms. The predicted molar refractivity (Wildman–Crippen MR) is 83.4 cm³/mol. The highest BCUT2D eigenvalue weighted by Crippen LogP contribution is 2.23. The molecule has 1 atom stereocenters. The number of carboxylic acids is 1. The minimum atomic E-state index is -1.09. The first-order valence-electron chi connectivity index (χ1n) is 7.28. The van der Waals surface area contributed by atoms with Crippen molar-refractivity contribution in [3.05, 3.63) is 35.9 Å². The zero-order valence-corrected chi connectivity index (χ0v) is 13.1. The van der Waals surface area contributed by atoms with Gasteiger partial charge in [0.1, 0.15) is 0 Å². The summed E-state index contributed by atoms with van der Waals surface area (Å²) in [7, 11) is 3.61. The third kappa shape index (κ3) is 4.81. The number of hydrogen-bond donors (Lipinski definition) is 2. The van der Waals surface area contributed by atoms with E-state index in [0.29, 0.717) is 19.7 Å². The number of hydrogen-bond acceptors (Lipinski definition) is 4. The van der Waals surface area contributed by atoms with Crippen molar-refractivity contribution in [2.24, 2.45) is 0 Å². The number of benzene rings is 1. The number of aliphatic carboxylic acids is 1. The van der Waals surface area contributed by atoms with Gasteiger partial charge < -0.3 is 14.7 Å². The van der Waals surface area contributed by atoms with E-state index in [-0.39, 0.29) is 0 Å². The summed E-state index contributed by atoms with van der Waals surface area (Å²) in [6, 6.07) is 9.36. The normalized spacial score (nSPS) is 14.1. The lowest BCUT2D eigenvalue weighted by Gasteiger charge is -2.34. The van der Waals surface area contributed by atoms with Crippen LogP contribution in [-0.2, 0) is 15.1 Å². The number of carboxylic acid groups (broad SMARTS) is 1. The number of nitrogens with one attached hydrogen (secondary N) is 1. The number of nitrogens with zero attached hydrogens (tertiary/aromatic N) is 1. The Bertz CT molecular complexity index is 425. The first kappa shape index (κ1) is 17.6. The Kier molecular flexibility index (Phi) is 7.36. The van der Waals surface area contributed by atoms with Gasteiger partial charge in [0.2, 0.25) is 0 Å². The van der Waals surface area contributed by atoms with Gasteiger partial charge in [-0.05, 0) is 25.6 Å². The van der Waals surface area contributed by atoms with Gasteiger partial charge >= 0.3 is 5.97 Å². The van der Waals surface area contributed by atoms with E-state index in [2.05, 4.69) is 5.32 Å². The zero-order valence-electron chi connectivity index (χ0n) is 13.1. The third-order valence-corrected chi connectivity index (χ3v) is 3.51. The molecule has 0 amide bonds. The molecule has 0 aliphatic carbocycles. The van der Waals surface area contributed by atoms with Gasteiger partial charge in [0.05, 0.1) is 0 Å². The summed E-state index contributed by atoms with van der Waals surface area (Å²) in [4.78, 5) is 14.0. The molecule has 1 aromatic carbocycles. The van der Waals surface area contributed by atoms with Crippen molar-refractivity contribution in [1.82, 2.24) is 10.2 Å². The van der Waals surface area contributed by atoms with Gasteiger partial charge in [-0.1, -0.05) is 37.3 Å². The molecule has 0 saturated heterocycles. The Balaban J connectivity index is 2.94. The molecule has 0 radical (unpaired) electrons. The molecule has 1 aromatic rings. The van der Waals surface area contributed by atoms with Gasteiger partial charge in [-0.2, -0.15) is 0 Å². The van der Waals surface area contributed by atoms with Gasteiger partial charge in [-0.15, -0.1) is 0 Å². The maximum absolute atomic E-state index is 12.0. The number of rotatable bonds is 10. The van der Waals surface area contributed by atoms with Crippen LogP contribution in [0.4, 0.5) is 0 Å². The monoisotopic (exact) mass is 294 g/mol. The van der Waals surface area contributed by atoms with E-state index in [9.17, 15) is 9.90 Å². The summed E-state index contributed by atoms with van der Waals surface area (Å²) in [6.45, 7) is 4.39. The number of likely N-dealkylation sites (N-methyl/N-ethyl adjacent to an activating group) is 2. The first-order chi connectivity index (χ1) is 10.1. The van der Waals surface area contributed by atoms with Gasteiger partial charge in [0, 0.05) is 26.8 Å². The van der Waals surface area contributed by atoms with Gasteiger partial charge in [0.25, 0.3) is 0 Å². The van der Waals surface area contributed by atoms with E-state index in [1.807, 2.05) is 49.2 Å². The van der Waals surface area contributed by atoms with Crippen LogP contribution in [0.3, 0.4) is 0 Å². The van der Waals surface area contributed by atoms with Crippen LogP contribution in [0.15, 0.2) is 30.3 Å².